The molecule has 6 heteroatoms. The third-order valence-corrected chi connectivity index (χ3v) is 6.88. The van der Waals surface area contributed by atoms with Gasteiger partial charge in [-0.25, -0.2) is 4.79 Å². The van der Waals surface area contributed by atoms with Gasteiger partial charge < -0.3 is 24.4 Å². The monoisotopic (exact) mass is 524 g/mol. The summed E-state index contributed by atoms with van der Waals surface area (Å²) in [5, 5.41) is 5.96. The van der Waals surface area contributed by atoms with Gasteiger partial charge in [-0.3, -0.25) is 0 Å². The van der Waals surface area contributed by atoms with E-state index in [1.165, 1.54) is 10.8 Å². The summed E-state index contributed by atoms with van der Waals surface area (Å²) in [4.78, 5) is 14.6. The van der Waals surface area contributed by atoms with E-state index in [1.807, 2.05) is 49.9 Å². The lowest BCUT2D eigenvalue weighted by atomic mass is 10.0. The molecule has 1 unspecified atom stereocenters. The van der Waals surface area contributed by atoms with Crippen molar-refractivity contribution in [2.24, 2.45) is 0 Å². The van der Waals surface area contributed by atoms with Gasteiger partial charge in [0, 0.05) is 13.1 Å². The van der Waals surface area contributed by atoms with E-state index in [2.05, 4.69) is 66.0 Å². The molecule has 0 aromatic heterocycles. The molecule has 1 aliphatic rings. The van der Waals surface area contributed by atoms with Crippen LogP contribution in [0.1, 0.15) is 33.6 Å². The van der Waals surface area contributed by atoms with Crippen LogP contribution >= 0.6 is 0 Å². The number of likely N-dealkylation sites (tertiary alicyclic amines) is 1. The zero-order valence-electron chi connectivity index (χ0n) is 23.1. The van der Waals surface area contributed by atoms with Crippen molar-refractivity contribution in [2.45, 2.75) is 45.3 Å². The van der Waals surface area contributed by atoms with Crippen LogP contribution < -0.4 is 14.8 Å². The Morgan fingerprint density at radius 1 is 0.897 bits per heavy atom. The number of benzene rings is 4. The van der Waals surface area contributed by atoms with Gasteiger partial charge in [0.1, 0.15) is 17.1 Å². The Labute approximate surface area is 230 Å². The number of anilines is 1. The summed E-state index contributed by atoms with van der Waals surface area (Å²) < 4.78 is 17.3. The Bertz CT molecular complexity index is 1440. The van der Waals surface area contributed by atoms with Gasteiger partial charge in [0.25, 0.3) is 0 Å². The van der Waals surface area contributed by atoms with Gasteiger partial charge in [0.15, 0.2) is 5.75 Å². The predicted molar refractivity (Wildman–Crippen MR) is 157 cm³/mol. The normalized spacial score (nSPS) is 15.3. The maximum atomic E-state index is 12.8. The summed E-state index contributed by atoms with van der Waals surface area (Å²) in [7, 11) is 1.65. The van der Waals surface area contributed by atoms with E-state index >= 15 is 0 Å². The van der Waals surface area contributed by atoms with E-state index in [0.717, 1.165) is 35.4 Å². The van der Waals surface area contributed by atoms with E-state index < -0.39 is 5.60 Å². The Morgan fingerprint density at radius 2 is 1.59 bits per heavy atom. The first-order chi connectivity index (χ1) is 18.8. The molecule has 1 heterocycles. The zero-order valence-corrected chi connectivity index (χ0v) is 23.1. The minimum Gasteiger partial charge on any atom is -0.497 e. The van der Waals surface area contributed by atoms with Crippen LogP contribution in [0.4, 0.5) is 10.5 Å². The van der Waals surface area contributed by atoms with Gasteiger partial charge in [-0.15, -0.1) is 0 Å². The summed E-state index contributed by atoms with van der Waals surface area (Å²) in [6, 6.07) is 28.7. The summed E-state index contributed by atoms with van der Waals surface area (Å²) in [6.45, 7) is 7.00. The molecule has 1 atom stereocenters. The topological polar surface area (TPSA) is 60.0 Å². The van der Waals surface area contributed by atoms with Gasteiger partial charge in [-0.2, -0.15) is 0 Å². The summed E-state index contributed by atoms with van der Waals surface area (Å²) in [5.41, 5.74) is 2.53. The Hall–Kier alpha value is -4.19. The van der Waals surface area contributed by atoms with Crippen molar-refractivity contribution in [1.29, 1.82) is 0 Å². The SMILES string of the molecule is COc1ccc(Oc2cc(-c3ccc4ccccc4c3)ccc2NCC2CCCN2C(=O)OC(C)(C)C)cc1. The van der Waals surface area contributed by atoms with Crippen molar-refractivity contribution < 1.29 is 19.0 Å². The van der Waals surface area contributed by atoms with Gasteiger partial charge in [0.2, 0.25) is 0 Å². The molecule has 1 amide bonds. The lowest BCUT2D eigenvalue weighted by Crippen LogP contribution is -2.42. The highest BCUT2D eigenvalue weighted by atomic mass is 16.6. The van der Waals surface area contributed by atoms with Crippen LogP contribution in [0.5, 0.6) is 17.2 Å². The summed E-state index contributed by atoms with van der Waals surface area (Å²) >= 11 is 0. The molecule has 1 saturated heterocycles. The van der Waals surface area contributed by atoms with E-state index in [0.29, 0.717) is 24.6 Å². The van der Waals surface area contributed by atoms with E-state index in [1.54, 1.807) is 7.11 Å². The fraction of sp³-hybridized carbons (Fsp3) is 0.303. The molecule has 5 rings (SSSR count). The first-order valence-corrected chi connectivity index (χ1v) is 13.5. The maximum absolute atomic E-state index is 12.8. The summed E-state index contributed by atoms with van der Waals surface area (Å²) in [6.07, 6.45) is 1.63. The van der Waals surface area contributed by atoms with Crippen LogP contribution in [-0.2, 0) is 4.74 Å². The van der Waals surface area contributed by atoms with E-state index in [9.17, 15) is 4.79 Å². The first-order valence-electron chi connectivity index (χ1n) is 13.5. The molecule has 39 heavy (non-hydrogen) atoms. The molecular formula is C33H36N2O4. The van der Waals surface area contributed by atoms with Crippen molar-refractivity contribution in [2.75, 3.05) is 25.5 Å². The smallest absolute Gasteiger partial charge is 0.410 e. The van der Waals surface area contributed by atoms with Crippen LogP contribution in [0, 0.1) is 0 Å². The van der Waals surface area contributed by atoms with Crippen molar-refractivity contribution in [3.63, 3.8) is 0 Å². The van der Waals surface area contributed by atoms with Gasteiger partial charge in [0.05, 0.1) is 18.8 Å². The fourth-order valence-corrected chi connectivity index (χ4v) is 4.91. The number of hydrogen-bond acceptors (Lipinski definition) is 5. The number of carbonyl (C=O) groups is 1. The van der Waals surface area contributed by atoms with E-state index in [-0.39, 0.29) is 12.1 Å². The highest BCUT2D eigenvalue weighted by Gasteiger charge is 2.32. The standard InChI is InChI=1S/C33H36N2O4/c1-33(2,3)39-32(36)35-19-7-10-27(35)22-34-30-18-13-26(25-12-11-23-8-5-6-9-24(23)20-25)21-31(30)38-29-16-14-28(37-4)15-17-29/h5-6,8-9,11-18,20-21,27,34H,7,10,19,22H2,1-4H3. The molecule has 1 aliphatic heterocycles. The molecule has 0 aliphatic carbocycles. The minimum atomic E-state index is -0.518. The molecule has 6 nitrogen and oxygen atoms in total. The number of fused-ring (bicyclic) bond motifs is 1. The number of nitrogens with one attached hydrogen (secondary N) is 1. The summed E-state index contributed by atoms with van der Waals surface area (Å²) in [5.74, 6) is 2.20. The zero-order chi connectivity index (χ0) is 27.4. The lowest BCUT2D eigenvalue weighted by molar-refractivity contribution is 0.0235. The van der Waals surface area contributed by atoms with Crippen molar-refractivity contribution in [1.82, 2.24) is 4.90 Å². The number of hydrogen-bond donors (Lipinski definition) is 1. The molecule has 1 N–H and O–H groups in total. The molecule has 1 fully saturated rings. The predicted octanol–water partition coefficient (Wildman–Crippen LogP) is 8.12. The number of methoxy groups -OCH3 is 1. The molecule has 0 bridgehead atoms. The molecular weight excluding hydrogens is 488 g/mol. The Balaban J connectivity index is 1.40. The molecule has 202 valence electrons. The Morgan fingerprint density at radius 3 is 2.33 bits per heavy atom. The third kappa shape index (κ3) is 6.45. The molecule has 0 radical (unpaired) electrons. The third-order valence-electron chi connectivity index (χ3n) is 6.88. The van der Waals surface area contributed by atoms with Gasteiger partial charge in [-0.05, 0) is 98.0 Å². The van der Waals surface area contributed by atoms with Crippen molar-refractivity contribution >= 4 is 22.6 Å². The molecule has 4 aromatic carbocycles. The quantitative estimate of drug-likeness (QED) is 0.265. The number of rotatable bonds is 7. The highest BCUT2D eigenvalue weighted by Crippen LogP contribution is 2.36. The first kappa shape index (κ1) is 26.4. The van der Waals surface area contributed by atoms with Crippen LogP contribution in [0.15, 0.2) is 84.9 Å². The Kier molecular flexibility index (Phi) is 7.64. The fourth-order valence-electron chi connectivity index (χ4n) is 4.91. The van der Waals surface area contributed by atoms with Crippen LogP contribution in [0.2, 0.25) is 0 Å². The second-order valence-corrected chi connectivity index (χ2v) is 10.9. The van der Waals surface area contributed by atoms with Crippen LogP contribution in [0.3, 0.4) is 0 Å². The van der Waals surface area contributed by atoms with Crippen LogP contribution in [-0.4, -0.2) is 42.8 Å². The average Bonchev–Trinajstić information content (AvgIpc) is 3.40. The van der Waals surface area contributed by atoms with E-state index in [4.69, 9.17) is 14.2 Å². The van der Waals surface area contributed by atoms with Crippen LogP contribution in [0.25, 0.3) is 21.9 Å². The second kappa shape index (κ2) is 11.3. The molecule has 0 spiro atoms. The van der Waals surface area contributed by atoms with Crippen molar-refractivity contribution in [3.05, 3.63) is 84.9 Å². The highest BCUT2D eigenvalue weighted by molar-refractivity contribution is 5.87. The minimum absolute atomic E-state index is 0.0499. The number of carbonyl (C=O) groups excluding carboxylic acids is 1. The number of amides is 1. The number of nitrogens with zero attached hydrogens (tertiary/aromatic N) is 1. The largest absolute Gasteiger partial charge is 0.497 e. The number of ether oxygens (including phenoxy) is 3. The van der Waals surface area contributed by atoms with Gasteiger partial charge in [-0.1, -0.05) is 42.5 Å². The second-order valence-electron chi connectivity index (χ2n) is 10.9. The van der Waals surface area contributed by atoms with Crippen molar-refractivity contribution in [3.8, 4) is 28.4 Å². The lowest BCUT2D eigenvalue weighted by Gasteiger charge is -2.29. The van der Waals surface area contributed by atoms with Gasteiger partial charge >= 0.3 is 6.09 Å². The molecule has 4 aromatic rings. The maximum Gasteiger partial charge on any atom is 0.410 e. The average molecular weight is 525 g/mol. The molecule has 0 saturated carbocycles.